The Bertz CT molecular complexity index is 638. The zero-order valence-corrected chi connectivity index (χ0v) is 10.5. The Hall–Kier alpha value is -2.37. The van der Waals surface area contributed by atoms with Gasteiger partial charge in [-0.3, -0.25) is 9.78 Å². The van der Waals surface area contributed by atoms with Crippen LogP contribution in [0.5, 0.6) is 0 Å². The fourth-order valence-corrected chi connectivity index (χ4v) is 1.66. The van der Waals surface area contributed by atoms with Crippen LogP contribution in [0, 0.1) is 6.92 Å². The summed E-state index contributed by atoms with van der Waals surface area (Å²) in [4.78, 5) is 15.9. The average molecular weight is 280 g/mol. The number of anilines is 1. The number of nitrogens with one attached hydrogen (secondary N) is 1. The summed E-state index contributed by atoms with van der Waals surface area (Å²) in [6.45, 7) is 1.75. The monoisotopic (exact) mass is 280 g/mol. The predicted octanol–water partition coefficient (Wildman–Crippen LogP) is 3.66. The van der Waals surface area contributed by atoms with Crippen LogP contribution in [0.2, 0.25) is 0 Å². The third-order valence-electron chi connectivity index (χ3n) is 2.61. The second-order valence-corrected chi connectivity index (χ2v) is 4.22. The summed E-state index contributed by atoms with van der Waals surface area (Å²) in [5.74, 6) is -0.596. The number of rotatable bonds is 2. The van der Waals surface area contributed by atoms with Crippen molar-refractivity contribution in [2.45, 2.75) is 13.1 Å². The van der Waals surface area contributed by atoms with Crippen LogP contribution in [0.4, 0.5) is 18.9 Å². The van der Waals surface area contributed by atoms with Crippen LogP contribution in [-0.2, 0) is 6.18 Å². The number of amides is 1. The van der Waals surface area contributed by atoms with E-state index in [1.165, 1.54) is 18.3 Å². The molecule has 104 valence electrons. The molecule has 1 N–H and O–H groups in total. The first-order chi connectivity index (χ1) is 9.36. The summed E-state index contributed by atoms with van der Waals surface area (Å²) in [5, 5.41) is 2.53. The van der Waals surface area contributed by atoms with E-state index in [2.05, 4.69) is 10.3 Å². The highest BCUT2D eigenvalue weighted by Crippen LogP contribution is 2.29. The standard InChI is InChI=1S/C14H11F3N2O/c1-9-7-12(5-6-18-9)19-13(20)10-3-2-4-11(8-10)14(15,16)17/h2-8H,1H3,(H,18,19,20). The summed E-state index contributed by atoms with van der Waals surface area (Å²) in [7, 11) is 0. The molecule has 0 bridgehead atoms. The van der Waals surface area contributed by atoms with Crippen molar-refractivity contribution < 1.29 is 18.0 Å². The van der Waals surface area contributed by atoms with E-state index in [9.17, 15) is 18.0 Å². The molecule has 1 heterocycles. The topological polar surface area (TPSA) is 42.0 Å². The van der Waals surface area contributed by atoms with Crippen LogP contribution in [-0.4, -0.2) is 10.9 Å². The molecular formula is C14H11F3N2O. The lowest BCUT2D eigenvalue weighted by Gasteiger charge is -2.09. The molecule has 1 aromatic heterocycles. The lowest BCUT2D eigenvalue weighted by Crippen LogP contribution is -2.14. The van der Waals surface area contributed by atoms with Gasteiger partial charge in [-0.05, 0) is 37.3 Å². The Kier molecular flexibility index (Phi) is 3.74. The molecule has 0 aliphatic rings. The number of carbonyl (C=O) groups excluding carboxylic acids is 1. The van der Waals surface area contributed by atoms with Gasteiger partial charge in [-0.25, -0.2) is 0 Å². The highest BCUT2D eigenvalue weighted by Gasteiger charge is 2.30. The van der Waals surface area contributed by atoms with E-state index in [0.717, 1.165) is 12.1 Å². The zero-order chi connectivity index (χ0) is 14.8. The number of pyridine rings is 1. The van der Waals surface area contributed by atoms with Crippen LogP contribution in [0.25, 0.3) is 0 Å². The molecule has 1 aromatic carbocycles. The maximum absolute atomic E-state index is 12.6. The molecule has 20 heavy (non-hydrogen) atoms. The zero-order valence-electron chi connectivity index (χ0n) is 10.5. The van der Waals surface area contributed by atoms with E-state index in [-0.39, 0.29) is 5.56 Å². The van der Waals surface area contributed by atoms with E-state index in [1.807, 2.05) is 0 Å². The fraction of sp³-hybridized carbons (Fsp3) is 0.143. The quantitative estimate of drug-likeness (QED) is 0.912. The molecule has 0 aliphatic carbocycles. The highest BCUT2D eigenvalue weighted by atomic mass is 19.4. The SMILES string of the molecule is Cc1cc(NC(=O)c2cccc(C(F)(F)F)c2)ccn1. The normalized spacial score (nSPS) is 11.2. The first kappa shape index (κ1) is 14.0. The van der Waals surface area contributed by atoms with Crippen molar-refractivity contribution in [3.8, 4) is 0 Å². The number of nitrogens with zero attached hydrogens (tertiary/aromatic N) is 1. The van der Waals surface area contributed by atoms with Crippen molar-refractivity contribution in [3.63, 3.8) is 0 Å². The third kappa shape index (κ3) is 3.34. The first-order valence-corrected chi connectivity index (χ1v) is 5.77. The van der Waals surface area contributed by atoms with Gasteiger partial charge in [-0.15, -0.1) is 0 Å². The van der Waals surface area contributed by atoms with E-state index in [0.29, 0.717) is 11.4 Å². The smallest absolute Gasteiger partial charge is 0.322 e. The van der Waals surface area contributed by atoms with E-state index >= 15 is 0 Å². The second kappa shape index (κ2) is 5.32. The fourth-order valence-electron chi connectivity index (χ4n) is 1.66. The first-order valence-electron chi connectivity index (χ1n) is 5.77. The van der Waals surface area contributed by atoms with Crippen molar-refractivity contribution in [2.24, 2.45) is 0 Å². The summed E-state index contributed by atoms with van der Waals surface area (Å²) < 4.78 is 37.7. The second-order valence-electron chi connectivity index (χ2n) is 4.22. The number of benzene rings is 1. The van der Waals surface area contributed by atoms with Gasteiger partial charge < -0.3 is 5.32 Å². The molecule has 3 nitrogen and oxygen atoms in total. The Morgan fingerprint density at radius 1 is 1.20 bits per heavy atom. The van der Waals surface area contributed by atoms with Gasteiger partial charge in [0.1, 0.15) is 0 Å². The largest absolute Gasteiger partial charge is 0.416 e. The minimum atomic E-state index is -4.47. The van der Waals surface area contributed by atoms with Crippen molar-refractivity contribution in [1.82, 2.24) is 4.98 Å². The Labute approximate surface area is 113 Å². The van der Waals surface area contributed by atoms with Gasteiger partial charge >= 0.3 is 6.18 Å². The van der Waals surface area contributed by atoms with Crippen molar-refractivity contribution >= 4 is 11.6 Å². The highest BCUT2D eigenvalue weighted by molar-refractivity contribution is 6.04. The molecular weight excluding hydrogens is 269 g/mol. The van der Waals surface area contributed by atoms with Crippen LogP contribution >= 0.6 is 0 Å². The number of hydrogen-bond donors (Lipinski definition) is 1. The molecule has 0 saturated heterocycles. The van der Waals surface area contributed by atoms with Crippen molar-refractivity contribution in [1.29, 1.82) is 0 Å². The lowest BCUT2D eigenvalue weighted by atomic mass is 10.1. The summed E-state index contributed by atoms with van der Waals surface area (Å²) in [6.07, 6.45) is -2.96. The van der Waals surface area contributed by atoms with E-state index in [1.54, 1.807) is 19.1 Å². The molecule has 0 aliphatic heterocycles. The number of alkyl halides is 3. The van der Waals surface area contributed by atoms with Gasteiger partial charge in [0, 0.05) is 23.1 Å². The maximum Gasteiger partial charge on any atom is 0.416 e. The van der Waals surface area contributed by atoms with Crippen molar-refractivity contribution in [3.05, 3.63) is 59.4 Å². The minimum Gasteiger partial charge on any atom is -0.322 e. The Morgan fingerprint density at radius 2 is 1.95 bits per heavy atom. The summed E-state index contributed by atoms with van der Waals surface area (Å²) >= 11 is 0. The average Bonchev–Trinajstić information content (AvgIpc) is 2.38. The summed E-state index contributed by atoms with van der Waals surface area (Å²) in [6, 6.07) is 7.48. The molecule has 1 amide bonds. The van der Waals surface area contributed by atoms with Gasteiger partial charge in [0.25, 0.3) is 5.91 Å². The van der Waals surface area contributed by atoms with E-state index in [4.69, 9.17) is 0 Å². The Balaban J connectivity index is 2.22. The van der Waals surface area contributed by atoms with Gasteiger partial charge in [-0.2, -0.15) is 13.2 Å². The number of aromatic nitrogens is 1. The molecule has 0 radical (unpaired) electrons. The predicted molar refractivity (Wildman–Crippen MR) is 68.4 cm³/mol. The molecule has 0 saturated carbocycles. The lowest BCUT2D eigenvalue weighted by molar-refractivity contribution is -0.137. The Morgan fingerprint density at radius 3 is 2.60 bits per heavy atom. The molecule has 0 atom stereocenters. The molecule has 0 fully saturated rings. The van der Waals surface area contributed by atoms with Gasteiger partial charge in [0.2, 0.25) is 0 Å². The van der Waals surface area contributed by atoms with Crippen LogP contribution in [0.15, 0.2) is 42.6 Å². The molecule has 2 aromatic rings. The van der Waals surface area contributed by atoms with Gasteiger partial charge in [0.05, 0.1) is 5.56 Å². The molecule has 6 heteroatoms. The van der Waals surface area contributed by atoms with E-state index < -0.39 is 17.6 Å². The third-order valence-corrected chi connectivity index (χ3v) is 2.61. The molecule has 2 rings (SSSR count). The van der Waals surface area contributed by atoms with Crippen LogP contribution < -0.4 is 5.32 Å². The number of hydrogen-bond acceptors (Lipinski definition) is 2. The number of carbonyl (C=O) groups is 1. The maximum atomic E-state index is 12.6. The van der Waals surface area contributed by atoms with Crippen LogP contribution in [0.1, 0.15) is 21.6 Å². The number of halogens is 3. The van der Waals surface area contributed by atoms with Crippen LogP contribution in [0.3, 0.4) is 0 Å². The molecule has 0 spiro atoms. The van der Waals surface area contributed by atoms with Gasteiger partial charge in [0.15, 0.2) is 0 Å². The molecule has 0 unspecified atom stereocenters. The van der Waals surface area contributed by atoms with Gasteiger partial charge in [-0.1, -0.05) is 6.07 Å². The van der Waals surface area contributed by atoms with Crippen molar-refractivity contribution in [2.75, 3.05) is 5.32 Å². The number of aryl methyl sites for hydroxylation is 1. The minimum absolute atomic E-state index is 0.0470. The summed E-state index contributed by atoms with van der Waals surface area (Å²) in [5.41, 5.74) is 0.289.